The minimum absolute atomic E-state index is 0.478. The van der Waals surface area contributed by atoms with Gasteiger partial charge in [-0.2, -0.15) is 5.26 Å². The van der Waals surface area contributed by atoms with Crippen LogP contribution in [0.2, 0.25) is 0 Å². The molecule has 1 saturated heterocycles. The normalized spacial score (nSPS) is 21.4. The molecule has 2 aromatic carbocycles. The number of aliphatic imine (C=N–C) groups is 1. The third-order valence-electron chi connectivity index (χ3n) is 5.35. The largest absolute Gasteiger partial charge is 0.353 e. The van der Waals surface area contributed by atoms with E-state index in [1.165, 1.54) is 0 Å². The first-order valence-corrected chi connectivity index (χ1v) is 9.02. The van der Waals surface area contributed by atoms with Crippen LogP contribution in [-0.4, -0.2) is 48.4 Å². The highest BCUT2D eigenvalue weighted by Crippen LogP contribution is 2.37. The number of piperazine rings is 1. The fraction of sp³-hybridized carbons (Fsp3) is 0.273. The van der Waals surface area contributed by atoms with Gasteiger partial charge in [-0.1, -0.05) is 42.5 Å². The Hall–Kier alpha value is -2.90. The van der Waals surface area contributed by atoms with E-state index >= 15 is 0 Å². The molecule has 0 bridgehead atoms. The van der Waals surface area contributed by atoms with Crippen LogP contribution < -0.4 is 0 Å². The molecule has 0 aromatic heterocycles. The van der Waals surface area contributed by atoms with Crippen molar-refractivity contribution in [3.05, 3.63) is 71.3 Å². The van der Waals surface area contributed by atoms with Gasteiger partial charge in [0, 0.05) is 48.5 Å². The molecule has 4 heteroatoms. The van der Waals surface area contributed by atoms with Gasteiger partial charge in [0.25, 0.3) is 0 Å². The molecule has 0 radical (unpaired) electrons. The average molecular weight is 342 g/mol. The molecule has 4 rings (SSSR count). The molecule has 0 aliphatic carbocycles. The summed E-state index contributed by atoms with van der Waals surface area (Å²) in [6, 6.07) is 19.1. The first kappa shape index (κ1) is 16.6. The lowest BCUT2D eigenvalue weighted by Crippen LogP contribution is -2.52. The summed E-state index contributed by atoms with van der Waals surface area (Å²) < 4.78 is 0. The third kappa shape index (κ3) is 2.81. The van der Waals surface area contributed by atoms with Crippen molar-refractivity contribution in [1.29, 1.82) is 5.26 Å². The van der Waals surface area contributed by atoms with Gasteiger partial charge in [0.2, 0.25) is 0 Å². The minimum Gasteiger partial charge on any atom is -0.353 e. The van der Waals surface area contributed by atoms with Crippen LogP contribution in [0.25, 0.3) is 5.57 Å². The second-order valence-corrected chi connectivity index (χ2v) is 6.96. The molecular formula is C22H22N4. The lowest BCUT2D eigenvalue weighted by molar-refractivity contribution is 0.153. The van der Waals surface area contributed by atoms with E-state index < -0.39 is 0 Å². The standard InChI is InChI=1S/C22H22N4/c1-16-15-26(14-13-25(16)2)22-20-9-4-3-7-17(20)18(11-12-23)19-8-5-6-10-21(19)24-22/h3-11,16H,13-15H2,1-2H3/b18-11+. The fourth-order valence-corrected chi connectivity index (χ4v) is 3.73. The number of hydrogen-bond donors (Lipinski definition) is 0. The van der Waals surface area contributed by atoms with E-state index in [9.17, 15) is 5.26 Å². The highest BCUT2D eigenvalue weighted by Gasteiger charge is 2.28. The number of likely N-dealkylation sites (N-methyl/N-ethyl adjacent to an activating group) is 1. The van der Waals surface area contributed by atoms with Crippen molar-refractivity contribution >= 4 is 17.1 Å². The monoisotopic (exact) mass is 342 g/mol. The van der Waals surface area contributed by atoms with Gasteiger partial charge in [-0.25, -0.2) is 4.99 Å². The topological polar surface area (TPSA) is 42.6 Å². The number of hydrogen-bond acceptors (Lipinski definition) is 4. The van der Waals surface area contributed by atoms with Crippen molar-refractivity contribution in [2.75, 3.05) is 26.7 Å². The summed E-state index contributed by atoms with van der Waals surface area (Å²) in [7, 11) is 2.17. The molecule has 0 spiro atoms. The molecule has 4 nitrogen and oxygen atoms in total. The molecule has 1 atom stereocenters. The maximum Gasteiger partial charge on any atom is 0.137 e. The first-order valence-electron chi connectivity index (χ1n) is 9.02. The Kier molecular flexibility index (Phi) is 4.32. The zero-order valence-corrected chi connectivity index (χ0v) is 15.2. The van der Waals surface area contributed by atoms with Gasteiger partial charge in [0.1, 0.15) is 5.84 Å². The van der Waals surface area contributed by atoms with Crippen LogP contribution in [0.1, 0.15) is 23.6 Å². The van der Waals surface area contributed by atoms with Gasteiger partial charge >= 0.3 is 0 Å². The molecule has 2 aliphatic heterocycles. The van der Waals surface area contributed by atoms with Crippen molar-refractivity contribution in [1.82, 2.24) is 9.80 Å². The second kappa shape index (κ2) is 6.78. The molecular weight excluding hydrogens is 320 g/mol. The van der Waals surface area contributed by atoms with E-state index in [4.69, 9.17) is 4.99 Å². The number of nitriles is 1. The van der Waals surface area contributed by atoms with Crippen LogP contribution in [0.3, 0.4) is 0 Å². The predicted octanol–water partition coefficient (Wildman–Crippen LogP) is 3.67. The molecule has 1 fully saturated rings. The van der Waals surface area contributed by atoms with Crippen LogP contribution in [0.15, 0.2) is 59.6 Å². The molecule has 0 saturated carbocycles. The van der Waals surface area contributed by atoms with E-state index in [-0.39, 0.29) is 0 Å². The smallest absolute Gasteiger partial charge is 0.137 e. The SMILES string of the molecule is CC1CN(C2=Nc3ccccc3/C(=C/C#N)c3ccccc32)CCN1C. The second-order valence-electron chi connectivity index (χ2n) is 6.96. The number of para-hydroxylation sites is 1. The molecule has 1 unspecified atom stereocenters. The van der Waals surface area contributed by atoms with Gasteiger partial charge in [-0.05, 0) is 25.6 Å². The van der Waals surface area contributed by atoms with E-state index in [0.29, 0.717) is 6.04 Å². The number of nitrogens with zero attached hydrogens (tertiary/aromatic N) is 4. The first-order chi connectivity index (χ1) is 12.7. The van der Waals surface area contributed by atoms with Crippen LogP contribution in [-0.2, 0) is 0 Å². The molecule has 26 heavy (non-hydrogen) atoms. The summed E-state index contributed by atoms with van der Waals surface area (Å²) in [5.41, 5.74) is 5.05. The Morgan fingerprint density at radius 1 is 1.04 bits per heavy atom. The number of allylic oxidation sites excluding steroid dienone is 1. The average Bonchev–Trinajstić information content (AvgIpc) is 2.80. The summed E-state index contributed by atoms with van der Waals surface area (Å²) in [5, 5.41) is 9.36. The quantitative estimate of drug-likeness (QED) is 0.686. The summed E-state index contributed by atoms with van der Waals surface area (Å²) in [6.07, 6.45) is 1.64. The molecule has 2 aliphatic rings. The summed E-state index contributed by atoms with van der Waals surface area (Å²) in [6.45, 7) is 5.17. The molecule has 2 heterocycles. The Morgan fingerprint density at radius 3 is 2.46 bits per heavy atom. The molecule has 130 valence electrons. The van der Waals surface area contributed by atoms with E-state index in [1.807, 2.05) is 36.4 Å². The van der Waals surface area contributed by atoms with Crippen molar-refractivity contribution < 1.29 is 0 Å². The van der Waals surface area contributed by atoms with Gasteiger partial charge < -0.3 is 9.80 Å². The predicted molar refractivity (Wildman–Crippen MR) is 105 cm³/mol. The van der Waals surface area contributed by atoms with Crippen molar-refractivity contribution in [3.63, 3.8) is 0 Å². The van der Waals surface area contributed by atoms with E-state index in [0.717, 1.165) is 53.4 Å². The van der Waals surface area contributed by atoms with Gasteiger partial charge in [0.15, 0.2) is 0 Å². The highest BCUT2D eigenvalue weighted by atomic mass is 15.3. The maximum atomic E-state index is 9.36. The Balaban J connectivity index is 1.92. The lowest BCUT2D eigenvalue weighted by Gasteiger charge is -2.39. The summed E-state index contributed by atoms with van der Waals surface area (Å²) in [5.74, 6) is 1.01. The summed E-state index contributed by atoms with van der Waals surface area (Å²) >= 11 is 0. The molecule has 0 amide bonds. The minimum atomic E-state index is 0.478. The Labute approximate surface area is 154 Å². The van der Waals surface area contributed by atoms with Crippen molar-refractivity contribution in [3.8, 4) is 6.07 Å². The van der Waals surface area contributed by atoms with Gasteiger partial charge in [-0.3, -0.25) is 0 Å². The van der Waals surface area contributed by atoms with E-state index in [1.54, 1.807) is 6.08 Å². The van der Waals surface area contributed by atoms with Gasteiger partial charge in [0.05, 0.1) is 11.8 Å². The Bertz CT molecular complexity index is 935. The zero-order chi connectivity index (χ0) is 18.1. The van der Waals surface area contributed by atoms with Crippen molar-refractivity contribution in [2.45, 2.75) is 13.0 Å². The number of fused-ring (bicyclic) bond motifs is 2. The number of amidine groups is 1. The zero-order valence-electron chi connectivity index (χ0n) is 15.2. The van der Waals surface area contributed by atoms with E-state index in [2.05, 4.69) is 42.0 Å². The van der Waals surface area contributed by atoms with Gasteiger partial charge in [-0.15, -0.1) is 0 Å². The Morgan fingerprint density at radius 2 is 1.73 bits per heavy atom. The number of rotatable bonds is 0. The van der Waals surface area contributed by atoms with Crippen LogP contribution in [0.5, 0.6) is 0 Å². The number of benzene rings is 2. The third-order valence-corrected chi connectivity index (χ3v) is 5.35. The fourth-order valence-electron chi connectivity index (χ4n) is 3.73. The van der Waals surface area contributed by atoms with Crippen LogP contribution >= 0.6 is 0 Å². The molecule has 0 N–H and O–H groups in total. The summed E-state index contributed by atoms with van der Waals surface area (Å²) in [4.78, 5) is 9.84. The van der Waals surface area contributed by atoms with Crippen molar-refractivity contribution in [2.24, 2.45) is 4.99 Å². The van der Waals surface area contributed by atoms with Crippen LogP contribution in [0.4, 0.5) is 5.69 Å². The lowest BCUT2D eigenvalue weighted by atomic mass is 9.93. The van der Waals surface area contributed by atoms with Crippen LogP contribution in [0, 0.1) is 11.3 Å². The highest BCUT2D eigenvalue weighted by molar-refractivity contribution is 6.08. The molecule has 2 aromatic rings. The maximum absolute atomic E-state index is 9.36.